The summed E-state index contributed by atoms with van der Waals surface area (Å²) in [4.78, 5) is 21.5. The van der Waals surface area contributed by atoms with Crippen LogP contribution >= 0.6 is 0 Å². The molecule has 1 rings (SSSR count). The first kappa shape index (κ1) is 14.0. The molecule has 0 saturated carbocycles. The third kappa shape index (κ3) is 3.58. The first-order chi connectivity index (χ1) is 4.22. The van der Waals surface area contributed by atoms with Gasteiger partial charge in [0.25, 0.3) is 0 Å². The fraction of sp³-hybridized carbons (Fsp3) is 0.600. The second-order valence-electron chi connectivity index (χ2n) is 1.93. The van der Waals surface area contributed by atoms with Crippen LogP contribution in [0.5, 0.6) is 0 Å². The summed E-state index contributed by atoms with van der Waals surface area (Å²) in [7, 11) is 0. The van der Waals surface area contributed by atoms with Crippen LogP contribution in [0.4, 0.5) is 4.79 Å². The van der Waals surface area contributed by atoms with Gasteiger partial charge in [-0.1, -0.05) is 0 Å². The average Bonchev–Trinajstić information content (AvgIpc) is 2.13. The number of imide groups is 1. The van der Waals surface area contributed by atoms with Crippen molar-refractivity contribution in [1.29, 1.82) is 0 Å². The maximum atomic E-state index is 10.6. The third-order valence-corrected chi connectivity index (χ3v) is 1.30. The Kier molecular flexibility index (Phi) is 7.68. The third-order valence-electron chi connectivity index (χ3n) is 1.30. The van der Waals surface area contributed by atoms with E-state index < -0.39 is 6.09 Å². The molecule has 11 heavy (non-hydrogen) atoms. The first-order valence-corrected chi connectivity index (χ1v) is 2.75. The van der Waals surface area contributed by atoms with Crippen molar-refractivity contribution in [3.8, 4) is 0 Å². The first-order valence-electron chi connectivity index (χ1n) is 2.75. The molecule has 2 amide bonds. The van der Waals surface area contributed by atoms with E-state index in [-0.39, 0.29) is 54.0 Å². The Hall–Kier alpha value is 0.459. The van der Waals surface area contributed by atoms with E-state index in [2.05, 4.69) is 0 Å². The Morgan fingerprint density at radius 2 is 2.18 bits per heavy atom. The molecule has 1 aliphatic heterocycles. The van der Waals surface area contributed by atoms with Crippen LogP contribution in [0.25, 0.3) is 0 Å². The second kappa shape index (κ2) is 6.03. The van der Waals surface area contributed by atoms with Crippen LogP contribution in [0.3, 0.4) is 0 Å². The van der Waals surface area contributed by atoms with Crippen LogP contribution in [0.2, 0.25) is 0 Å². The van der Waals surface area contributed by atoms with Crippen LogP contribution in [0.1, 0.15) is 14.3 Å². The number of nitrogens with zero attached hydrogens (tertiary/aromatic N) is 1. The van der Waals surface area contributed by atoms with Crippen molar-refractivity contribution >= 4 is 12.0 Å². The van der Waals surface area contributed by atoms with Gasteiger partial charge in [0.2, 0.25) is 5.91 Å². The quantitative estimate of drug-likeness (QED) is 0.452. The number of carbonyl (C=O) groups excluding carboxylic acids is 1. The molecule has 0 aromatic carbocycles. The average molecular weight is 217 g/mol. The van der Waals surface area contributed by atoms with E-state index in [1.54, 1.807) is 0 Å². The van der Waals surface area contributed by atoms with Gasteiger partial charge >= 0.3 is 35.7 Å². The summed E-state index contributed by atoms with van der Waals surface area (Å²) in [6.07, 6.45) is -0.0743. The maximum absolute atomic E-state index is 10.6. The zero-order chi connectivity index (χ0) is 6.85. The van der Waals surface area contributed by atoms with Crippen LogP contribution in [-0.4, -0.2) is 28.6 Å². The maximum Gasteiger partial charge on any atom is 1.00 e. The van der Waals surface area contributed by atoms with Gasteiger partial charge in [-0.05, 0) is 6.42 Å². The molecule has 1 radical (unpaired) electrons. The van der Waals surface area contributed by atoms with Gasteiger partial charge in [0, 0.05) is 30.0 Å². The molecule has 4 nitrogen and oxygen atoms in total. The predicted molar refractivity (Wildman–Crippen MR) is 30.1 cm³/mol. The van der Waals surface area contributed by atoms with Gasteiger partial charge in [0.15, 0.2) is 0 Å². The topological polar surface area (TPSA) is 57.6 Å². The summed E-state index contributed by atoms with van der Waals surface area (Å²) in [5, 5.41) is 8.29. The summed E-state index contributed by atoms with van der Waals surface area (Å²) < 4.78 is 0. The standard InChI is InChI=1S/C5H7NO3.Cu.Na.H/c7-4-2-1-3-6(4)5(8)9;;;/h1-3H2,(H,8,9);;;/q;;+1;-1. The van der Waals surface area contributed by atoms with Gasteiger partial charge in [-0.3, -0.25) is 4.79 Å². The molecule has 0 atom stereocenters. The molecule has 1 saturated heterocycles. The van der Waals surface area contributed by atoms with Gasteiger partial charge in [-0.2, -0.15) is 0 Å². The predicted octanol–water partition coefficient (Wildman–Crippen LogP) is -2.60. The van der Waals surface area contributed by atoms with Crippen molar-refractivity contribution in [3.05, 3.63) is 0 Å². The minimum Gasteiger partial charge on any atom is -1.00 e. The van der Waals surface area contributed by atoms with Crippen molar-refractivity contribution in [2.75, 3.05) is 6.54 Å². The Labute approximate surface area is 98.6 Å². The van der Waals surface area contributed by atoms with E-state index in [0.717, 1.165) is 4.90 Å². The molecule has 0 aliphatic carbocycles. The summed E-state index contributed by atoms with van der Waals surface area (Å²) in [6.45, 7) is 0.369. The Balaban J connectivity index is -0.000000270. The van der Waals surface area contributed by atoms with E-state index in [0.29, 0.717) is 19.4 Å². The molecule has 0 aromatic rings. The van der Waals surface area contributed by atoms with Gasteiger partial charge in [0.1, 0.15) is 0 Å². The Morgan fingerprint density at radius 1 is 1.64 bits per heavy atom. The molecule has 0 aromatic heterocycles. The molecule has 0 unspecified atom stereocenters. The van der Waals surface area contributed by atoms with E-state index in [9.17, 15) is 9.59 Å². The van der Waals surface area contributed by atoms with Crippen molar-refractivity contribution < 1.29 is 62.7 Å². The van der Waals surface area contributed by atoms with Crippen LogP contribution in [-0.2, 0) is 21.9 Å². The van der Waals surface area contributed by atoms with Gasteiger partial charge in [-0.15, -0.1) is 0 Å². The Bertz CT molecular complexity index is 169. The monoisotopic (exact) mass is 216 g/mol. The zero-order valence-corrected chi connectivity index (χ0v) is 9.08. The van der Waals surface area contributed by atoms with Crippen LogP contribution < -0.4 is 29.6 Å². The van der Waals surface area contributed by atoms with E-state index >= 15 is 0 Å². The molecule has 0 spiro atoms. The minimum atomic E-state index is -1.13. The van der Waals surface area contributed by atoms with Gasteiger partial charge < -0.3 is 6.53 Å². The normalized spacial score (nSPS) is 15.3. The summed E-state index contributed by atoms with van der Waals surface area (Å²) in [5.74, 6) is -0.275. The molecular weight excluding hydrogens is 209 g/mol. The van der Waals surface area contributed by atoms with Gasteiger partial charge in [0.05, 0.1) is 0 Å². The van der Waals surface area contributed by atoms with E-state index in [4.69, 9.17) is 5.11 Å². The molecule has 63 valence electrons. The largest absolute Gasteiger partial charge is 1.00 e. The number of carbonyl (C=O) groups is 2. The van der Waals surface area contributed by atoms with Crippen molar-refractivity contribution in [2.45, 2.75) is 12.8 Å². The zero-order valence-electron chi connectivity index (χ0n) is 7.13. The van der Waals surface area contributed by atoms with Crippen LogP contribution in [0.15, 0.2) is 0 Å². The van der Waals surface area contributed by atoms with Crippen molar-refractivity contribution in [1.82, 2.24) is 4.90 Å². The van der Waals surface area contributed by atoms with Crippen molar-refractivity contribution in [3.63, 3.8) is 0 Å². The number of amides is 2. The number of hydrogen-bond donors (Lipinski definition) is 1. The summed E-state index contributed by atoms with van der Waals surface area (Å²) in [5.41, 5.74) is 0. The van der Waals surface area contributed by atoms with E-state index in [1.807, 2.05) is 0 Å². The molecule has 1 fully saturated rings. The molecular formula is C5H8CuNNaO3. The van der Waals surface area contributed by atoms with Crippen LogP contribution in [0, 0.1) is 0 Å². The summed E-state index contributed by atoms with van der Waals surface area (Å²) >= 11 is 0. The van der Waals surface area contributed by atoms with Crippen molar-refractivity contribution in [2.24, 2.45) is 0 Å². The molecule has 1 N–H and O–H groups in total. The number of carboxylic acid groups (broad SMARTS) is 1. The number of hydrogen-bond acceptors (Lipinski definition) is 2. The van der Waals surface area contributed by atoms with E-state index in [1.165, 1.54) is 0 Å². The Morgan fingerprint density at radius 3 is 2.36 bits per heavy atom. The molecule has 1 heterocycles. The SMILES string of the molecule is O=C(O)N1CCCC1=O.[Cu].[H-].[Na+]. The molecule has 0 bridgehead atoms. The minimum absolute atomic E-state index is 0. The smallest absolute Gasteiger partial charge is 1.00 e. The molecule has 1 aliphatic rings. The second-order valence-corrected chi connectivity index (χ2v) is 1.93. The number of likely N-dealkylation sites (tertiary alicyclic amines) is 1. The number of rotatable bonds is 0. The molecule has 6 heteroatoms. The fourth-order valence-electron chi connectivity index (χ4n) is 0.850. The summed E-state index contributed by atoms with van der Waals surface area (Å²) in [6, 6.07) is 0. The van der Waals surface area contributed by atoms with Gasteiger partial charge in [-0.25, -0.2) is 9.69 Å². The fourth-order valence-corrected chi connectivity index (χ4v) is 0.850.